The third kappa shape index (κ3) is 2.64. The Balaban J connectivity index is 2.27. The highest BCUT2D eigenvalue weighted by atomic mass is 32.1. The highest BCUT2D eigenvalue weighted by Crippen LogP contribution is 2.33. The zero-order chi connectivity index (χ0) is 13.0. The maximum Gasteiger partial charge on any atom is 0.204 e. The molecule has 2 aromatic rings. The largest absolute Gasteiger partial charge is 0.489 e. The molecule has 0 atom stereocenters. The number of benzene rings is 1. The molecule has 0 bridgehead atoms. The molecule has 0 amide bonds. The fourth-order valence-electron chi connectivity index (χ4n) is 1.85. The molecule has 0 spiro atoms. The molecule has 3 nitrogen and oxygen atoms in total. The van der Waals surface area contributed by atoms with Gasteiger partial charge in [0.1, 0.15) is 10.6 Å². The van der Waals surface area contributed by atoms with Crippen LogP contribution in [0.3, 0.4) is 0 Å². The van der Waals surface area contributed by atoms with Gasteiger partial charge in [0.25, 0.3) is 0 Å². The Hall–Kier alpha value is -1.55. The molecule has 2 N–H and O–H groups in total. The van der Waals surface area contributed by atoms with Crippen LogP contribution in [0.4, 0.5) is 0 Å². The van der Waals surface area contributed by atoms with Gasteiger partial charge >= 0.3 is 0 Å². The Morgan fingerprint density at radius 3 is 2.83 bits per heavy atom. The predicted octanol–water partition coefficient (Wildman–Crippen LogP) is 3.64. The molecule has 1 aromatic heterocycles. The number of thiocarbonyl (C=S) groups is 1. The summed E-state index contributed by atoms with van der Waals surface area (Å²) in [5, 5.41) is 0.928. The zero-order valence-electron chi connectivity index (χ0n) is 10.4. The van der Waals surface area contributed by atoms with Crippen LogP contribution in [0, 0.1) is 0 Å². The van der Waals surface area contributed by atoms with Crippen molar-refractivity contribution in [1.82, 2.24) is 0 Å². The number of para-hydroxylation sites is 1. The van der Waals surface area contributed by atoms with Gasteiger partial charge in [-0.05, 0) is 18.6 Å². The van der Waals surface area contributed by atoms with Gasteiger partial charge in [-0.3, -0.25) is 0 Å². The number of fused-ring (bicyclic) bond motifs is 1. The average molecular weight is 263 g/mol. The van der Waals surface area contributed by atoms with E-state index in [0.29, 0.717) is 18.1 Å². The SMILES string of the molecule is CCCCCOc1c(C(N)=S)oc2ccccc12. The lowest BCUT2D eigenvalue weighted by molar-refractivity contribution is 0.304. The first kappa shape index (κ1) is 12.9. The maximum absolute atomic E-state index is 5.79. The number of ether oxygens (including phenoxy) is 1. The highest BCUT2D eigenvalue weighted by Gasteiger charge is 2.17. The van der Waals surface area contributed by atoms with Gasteiger partial charge in [0, 0.05) is 0 Å². The van der Waals surface area contributed by atoms with E-state index < -0.39 is 0 Å². The van der Waals surface area contributed by atoms with Crippen LogP contribution in [-0.2, 0) is 0 Å². The molecule has 0 saturated heterocycles. The van der Waals surface area contributed by atoms with E-state index in [1.54, 1.807) is 0 Å². The summed E-state index contributed by atoms with van der Waals surface area (Å²) >= 11 is 5.00. The van der Waals surface area contributed by atoms with Gasteiger partial charge in [0.15, 0.2) is 5.75 Å². The number of hydrogen-bond acceptors (Lipinski definition) is 3. The number of hydrogen-bond donors (Lipinski definition) is 1. The zero-order valence-corrected chi connectivity index (χ0v) is 11.3. The fourth-order valence-corrected chi connectivity index (χ4v) is 1.99. The molecule has 0 fully saturated rings. The summed E-state index contributed by atoms with van der Waals surface area (Å²) in [5.74, 6) is 1.15. The molecule has 0 aliphatic rings. The first-order valence-electron chi connectivity index (χ1n) is 6.18. The van der Waals surface area contributed by atoms with E-state index in [-0.39, 0.29) is 4.99 Å². The van der Waals surface area contributed by atoms with Crippen molar-refractivity contribution in [2.45, 2.75) is 26.2 Å². The lowest BCUT2D eigenvalue weighted by Crippen LogP contribution is -2.10. The van der Waals surface area contributed by atoms with Gasteiger partial charge in [0.05, 0.1) is 12.0 Å². The molecular weight excluding hydrogens is 246 g/mol. The van der Waals surface area contributed by atoms with E-state index >= 15 is 0 Å². The minimum Gasteiger partial charge on any atom is -0.489 e. The third-order valence-electron chi connectivity index (χ3n) is 2.77. The average Bonchev–Trinajstić information content (AvgIpc) is 2.74. The minimum absolute atomic E-state index is 0.233. The molecule has 96 valence electrons. The Bertz CT molecular complexity index is 548. The van der Waals surface area contributed by atoms with E-state index in [4.69, 9.17) is 27.1 Å². The monoisotopic (exact) mass is 263 g/mol. The number of nitrogens with two attached hydrogens (primary N) is 1. The third-order valence-corrected chi connectivity index (χ3v) is 2.95. The minimum atomic E-state index is 0.233. The molecule has 18 heavy (non-hydrogen) atoms. The van der Waals surface area contributed by atoms with Crippen molar-refractivity contribution < 1.29 is 9.15 Å². The van der Waals surface area contributed by atoms with Crippen LogP contribution in [0.2, 0.25) is 0 Å². The molecule has 0 radical (unpaired) electrons. The van der Waals surface area contributed by atoms with E-state index in [9.17, 15) is 0 Å². The van der Waals surface area contributed by atoms with E-state index in [0.717, 1.165) is 30.2 Å². The number of furan rings is 1. The lowest BCUT2D eigenvalue weighted by Gasteiger charge is -2.05. The Morgan fingerprint density at radius 1 is 1.33 bits per heavy atom. The van der Waals surface area contributed by atoms with Gasteiger partial charge < -0.3 is 14.9 Å². The Labute approximate surface area is 112 Å². The second kappa shape index (κ2) is 5.87. The van der Waals surface area contributed by atoms with E-state index in [1.807, 2.05) is 24.3 Å². The standard InChI is InChI=1S/C14H17NO2S/c1-2-3-6-9-16-12-10-7-4-5-8-11(10)17-13(12)14(15)18/h4-5,7-8H,2-3,6,9H2,1H3,(H2,15,18). The smallest absolute Gasteiger partial charge is 0.204 e. The molecule has 0 saturated carbocycles. The first-order valence-corrected chi connectivity index (χ1v) is 6.59. The lowest BCUT2D eigenvalue weighted by atomic mass is 10.2. The topological polar surface area (TPSA) is 48.4 Å². The van der Waals surface area contributed by atoms with Crippen molar-refractivity contribution >= 4 is 28.2 Å². The predicted molar refractivity (Wildman–Crippen MR) is 77.1 cm³/mol. The second-order valence-corrected chi connectivity index (χ2v) is 4.62. The van der Waals surface area contributed by atoms with E-state index in [1.165, 1.54) is 0 Å². The van der Waals surface area contributed by atoms with Crippen molar-refractivity contribution in [2.24, 2.45) is 5.73 Å². The second-order valence-electron chi connectivity index (χ2n) is 4.18. The van der Waals surface area contributed by atoms with Gasteiger partial charge in [-0.25, -0.2) is 0 Å². The van der Waals surface area contributed by atoms with E-state index in [2.05, 4.69) is 6.92 Å². The van der Waals surface area contributed by atoms with Crippen LogP contribution in [0.25, 0.3) is 11.0 Å². The number of unbranched alkanes of at least 4 members (excludes halogenated alkanes) is 2. The van der Waals surface area contributed by atoms with Gasteiger partial charge in [0.2, 0.25) is 5.76 Å². The maximum atomic E-state index is 5.79. The highest BCUT2D eigenvalue weighted by molar-refractivity contribution is 7.80. The van der Waals surface area contributed by atoms with Crippen LogP contribution >= 0.6 is 12.2 Å². The van der Waals surface area contributed by atoms with Crippen LogP contribution < -0.4 is 10.5 Å². The summed E-state index contributed by atoms with van der Waals surface area (Å²) in [5.41, 5.74) is 6.42. The van der Waals surface area contributed by atoms with Crippen molar-refractivity contribution in [1.29, 1.82) is 0 Å². The molecule has 1 heterocycles. The Morgan fingerprint density at radius 2 is 2.11 bits per heavy atom. The summed E-state index contributed by atoms with van der Waals surface area (Å²) in [6.07, 6.45) is 3.34. The van der Waals surface area contributed by atoms with Crippen molar-refractivity contribution in [3.8, 4) is 5.75 Å². The van der Waals surface area contributed by atoms with Gasteiger partial charge in [-0.15, -0.1) is 0 Å². The summed E-state index contributed by atoms with van der Waals surface area (Å²) in [6, 6.07) is 7.70. The van der Waals surface area contributed by atoms with Crippen molar-refractivity contribution in [3.05, 3.63) is 30.0 Å². The quantitative estimate of drug-likeness (QED) is 0.638. The van der Waals surface area contributed by atoms with Gasteiger partial charge in [-0.1, -0.05) is 44.1 Å². The van der Waals surface area contributed by atoms with Crippen molar-refractivity contribution in [3.63, 3.8) is 0 Å². The molecular formula is C14H17NO2S. The Kier molecular flexibility index (Phi) is 4.20. The first-order chi connectivity index (χ1) is 8.74. The van der Waals surface area contributed by atoms with Crippen LogP contribution in [0.15, 0.2) is 28.7 Å². The summed E-state index contributed by atoms with van der Waals surface area (Å²) < 4.78 is 11.4. The fraction of sp³-hybridized carbons (Fsp3) is 0.357. The molecule has 4 heteroatoms. The molecule has 1 aromatic carbocycles. The summed E-state index contributed by atoms with van der Waals surface area (Å²) in [4.78, 5) is 0.233. The van der Waals surface area contributed by atoms with Crippen LogP contribution in [-0.4, -0.2) is 11.6 Å². The molecule has 0 aliphatic heterocycles. The van der Waals surface area contributed by atoms with Gasteiger partial charge in [-0.2, -0.15) is 0 Å². The molecule has 0 unspecified atom stereocenters. The van der Waals surface area contributed by atoms with Crippen LogP contribution in [0.5, 0.6) is 5.75 Å². The summed E-state index contributed by atoms with van der Waals surface area (Å²) in [6.45, 7) is 2.82. The molecule has 0 aliphatic carbocycles. The van der Waals surface area contributed by atoms with Crippen LogP contribution in [0.1, 0.15) is 31.9 Å². The number of rotatable bonds is 6. The normalized spacial score (nSPS) is 10.7. The summed E-state index contributed by atoms with van der Waals surface area (Å²) in [7, 11) is 0. The van der Waals surface area contributed by atoms with Crippen molar-refractivity contribution in [2.75, 3.05) is 6.61 Å². The molecule has 2 rings (SSSR count).